The van der Waals surface area contributed by atoms with Crippen LogP contribution in [0.5, 0.6) is 0 Å². The standard InChI is InChI=1S/C15H19ClN2O3S/c1-11(19)17-13-5-3-7-18(9-13)15(20)10-22(21)14-6-2-4-12(16)8-14/h2,4,6,8,13H,3,5,7,9-10H2,1H3,(H,17,19)/t13-,22+/m0/s1. The highest BCUT2D eigenvalue weighted by Gasteiger charge is 2.25. The number of hydrogen-bond donors (Lipinski definition) is 1. The van der Waals surface area contributed by atoms with E-state index in [2.05, 4.69) is 5.32 Å². The van der Waals surface area contributed by atoms with Crippen LogP contribution in [-0.4, -0.2) is 45.8 Å². The average molecular weight is 343 g/mol. The van der Waals surface area contributed by atoms with Crippen LogP contribution >= 0.6 is 11.6 Å². The van der Waals surface area contributed by atoms with E-state index in [1.165, 1.54) is 6.92 Å². The summed E-state index contributed by atoms with van der Waals surface area (Å²) in [5, 5.41) is 3.33. The molecule has 0 aromatic heterocycles. The molecule has 1 aliphatic rings. The zero-order chi connectivity index (χ0) is 16.1. The molecule has 2 rings (SSSR count). The Balaban J connectivity index is 1.93. The molecule has 0 aliphatic carbocycles. The maximum absolute atomic E-state index is 12.3. The lowest BCUT2D eigenvalue weighted by Crippen LogP contribution is -2.50. The van der Waals surface area contributed by atoms with Crippen molar-refractivity contribution in [1.29, 1.82) is 0 Å². The monoisotopic (exact) mass is 342 g/mol. The van der Waals surface area contributed by atoms with E-state index in [0.29, 0.717) is 23.0 Å². The van der Waals surface area contributed by atoms with Crippen LogP contribution in [0.4, 0.5) is 0 Å². The van der Waals surface area contributed by atoms with Gasteiger partial charge in [0, 0.05) is 36.0 Å². The normalized spacial score (nSPS) is 19.5. The van der Waals surface area contributed by atoms with Crippen LogP contribution in [-0.2, 0) is 20.4 Å². The Morgan fingerprint density at radius 3 is 2.91 bits per heavy atom. The zero-order valence-corrected chi connectivity index (χ0v) is 14.0. The summed E-state index contributed by atoms with van der Waals surface area (Å²) >= 11 is 5.87. The number of benzene rings is 1. The van der Waals surface area contributed by atoms with E-state index in [0.717, 1.165) is 12.8 Å². The van der Waals surface area contributed by atoms with Gasteiger partial charge in [0.1, 0.15) is 5.75 Å². The smallest absolute Gasteiger partial charge is 0.235 e. The molecule has 1 N–H and O–H groups in total. The highest BCUT2D eigenvalue weighted by atomic mass is 35.5. The van der Waals surface area contributed by atoms with Crippen molar-refractivity contribution in [2.75, 3.05) is 18.8 Å². The fraction of sp³-hybridized carbons (Fsp3) is 0.467. The third kappa shape index (κ3) is 4.81. The van der Waals surface area contributed by atoms with Gasteiger partial charge in [-0.25, -0.2) is 0 Å². The van der Waals surface area contributed by atoms with Gasteiger partial charge in [0.25, 0.3) is 0 Å². The van der Waals surface area contributed by atoms with Crippen molar-refractivity contribution >= 4 is 34.2 Å². The van der Waals surface area contributed by atoms with Gasteiger partial charge in [0.15, 0.2) is 0 Å². The largest absolute Gasteiger partial charge is 0.352 e. The Kier molecular flexibility index (Phi) is 5.97. The fourth-order valence-corrected chi connectivity index (χ4v) is 3.82. The summed E-state index contributed by atoms with van der Waals surface area (Å²) in [5.74, 6) is -0.317. The van der Waals surface area contributed by atoms with E-state index < -0.39 is 10.8 Å². The van der Waals surface area contributed by atoms with E-state index in [1.807, 2.05) is 0 Å². The predicted molar refractivity (Wildman–Crippen MR) is 86.1 cm³/mol. The summed E-state index contributed by atoms with van der Waals surface area (Å²) in [6.07, 6.45) is 1.70. The molecular formula is C15H19ClN2O3S. The van der Waals surface area contributed by atoms with E-state index in [4.69, 9.17) is 11.6 Å². The van der Waals surface area contributed by atoms with Gasteiger partial charge in [-0.15, -0.1) is 0 Å². The van der Waals surface area contributed by atoms with Gasteiger partial charge in [0.05, 0.1) is 10.8 Å². The Labute approximate surface area is 137 Å². The first kappa shape index (κ1) is 17.0. The van der Waals surface area contributed by atoms with Crippen LogP contribution in [0.15, 0.2) is 29.2 Å². The van der Waals surface area contributed by atoms with E-state index in [1.54, 1.807) is 29.2 Å². The molecule has 0 spiro atoms. The third-order valence-electron chi connectivity index (χ3n) is 3.50. The van der Waals surface area contributed by atoms with Crippen molar-refractivity contribution in [1.82, 2.24) is 10.2 Å². The lowest BCUT2D eigenvalue weighted by molar-refractivity contribution is -0.130. The number of carbonyl (C=O) groups excluding carboxylic acids is 2. The lowest BCUT2D eigenvalue weighted by atomic mass is 10.1. The second-order valence-electron chi connectivity index (χ2n) is 5.33. The number of nitrogens with one attached hydrogen (secondary N) is 1. The first-order valence-electron chi connectivity index (χ1n) is 7.14. The number of rotatable bonds is 4. The quantitative estimate of drug-likeness (QED) is 0.903. The Morgan fingerprint density at radius 1 is 1.45 bits per heavy atom. The first-order valence-corrected chi connectivity index (χ1v) is 8.84. The average Bonchev–Trinajstić information content (AvgIpc) is 2.46. The number of halogens is 1. The molecule has 120 valence electrons. The molecule has 5 nitrogen and oxygen atoms in total. The minimum Gasteiger partial charge on any atom is -0.352 e. The molecule has 0 bridgehead atoms. The number of hydrogen-bond acceptors (Lipinski definition) is 3. The molecular weight excluding hydrogens is 324 g/mol. The molecule has 1 aromatic carbocycles. The molecule has 0 saturated carbocycles. The van der Waals surface area contributed by atoms with Gasteiger partial charge in [-0.3, -0.25) is 13.8 Å². The molecule has 1 aliphatic heterocycles. The second kappa shape index (κ2) is 7.74. The number of carbonyl (C=O) groups is 2. The van der Waals surface area contributed by atoms with Crippen LogP contribution in [0.1, 0.15) is 19.8 Å². The molecule has 1 fully saturated rings. The maximum Gasteiger partial charge on any atom is 0.235 e. The Morgan fingerprint density at radius 2 is 2.23 bits per heavy atom. The van der Waals surface area contributed by atoms with Gasteiger partial charge < -0.3 is 10.2 Å². The minimum atomic E-state index is -1.41. The van der Waals surface area contributed by atoms with Crippen molar-refractivity contribution in [3.63, 3.8) is 0 Å². The predicted octanol–water partition coefficient (Wildman–Crippen LogP) is 1.57. The molecule has 1 aromatic rings. The van der Waals surface area contributed by atoms with Crippen LogP contribution in [0, 0.1) is 0 Å². The van der Waals surface area contributed by atoms with E-state index in [9.17, 15) is 13.8 Å². The molecule has 2 amide bonds. The molecule has 22 heavy (non-hydrogen) atoms. The van der Waals surface area contributed by atoms with Crippen LogP contribution < -0.4 is 5.32 Å². The van der Waals surface area contributed by atoms with Crippen LogP contribution in [0.2, 0.25) is 5.02 Å². The fourth-order valence-electron chi connectivity index (χ4n) is 2.50. The highest BCUT2D eigenvalue weighted by molar-refractivity contribution is 7.85. The second-order valence-corrected chi connectivity index (χ2v) is 7.21. The molecule has 0 radical (unpaired) electrons. The van der Waals surface area contributed by atoms with Crippen LogP contribution in [0.25, 0.3) is 0 Å². The highest BCUT2D eigenvalue weighted by Crippen LogP contribution is 2.16. The molecule has 0 unspecified atom stereocenters. The van der Waals surface area contributed by atoms with E-state index >= 15 is 0 Å². The van der Waals surface area contributed by atoms with Gasteiger partial charge in [-0.2, -0.15) is 0 Å². The lowest BCUT2D eigenvalue weighted by Gasteiger charge is -2.33. The van der Waals surface area contributed by atoms with Crippen molar-refractivity contribution < 1.29 is 13.8 Å². The van der Waals surface area contributed by atoms with Crippen LogP contribution in [0.3, 0.4) is 0 Å². The number of likely N-dealkylation sites (tertiary alicyclic amines) is 1. The maximum atomic E-state index is 12.3. The molecule has 7 heteroatoms. The number of piperidine rings is 1. The van der Waals surface area contributed by atoms with Crippen molar-refractivity contribution in [2.45, 2.75) is 30.7 Å². The SMILES string of the molecule is CC(=O)N[C@H]1CCCN(C(=O)C[S@@](=O)c2cccc(Cl)c2)C1. The topological polar surface area (TPSA) is 66.5 Å². The molecule has 2 atom stereocenters. The first-order chi connectivity index (χ1) is 10.5. The Hall–Kier alpha value is -1.40. The summed E-state index contributed by atoms with van der Waals surface area (Å²) in [6, 6.07) is 6.71. The summed E-state index contributed by atoms with van der Waals surface area (Å²) in [4.78, 5) is 25.6. The van der Waals surface area contributed by atoms with E-state index in [-0.39, 0.29) is 23.6 Å². The number of nitrogens with zero attached hydrogens (tertiary/aromatic N) is 1. The summed E-state index contributed by atoms with van der Waals surface area (Å²) in [7, 11) is -1.41. The number of amides is 2. The van der Waals surface area contributed by atoms with Gasteiger partial charge in [-0.1, -0.05) is 17.7 Å². The van der Waals surface area contributed by atoms with Gasteiger partial charge in [0.2, 0.25) is 11.8 Å². The van der Waals surface area contributed by atoms with Crippen molar-refractivity contribution in [2.24, 2.45) is 0 Å². The minimum absolute atomic E-state index is 0.0187. The molecule has 1 heterocycles. The zero-order valence-electron chi connectivity index (χ0n) is 12.4. The summed E-state index contributed by atoms with van der Waals surface area (Å²) < 4.78 is 12.2. The Bertz CT molecular complexity index is 594. The molecule has 1 saturated heterocycles. The van der Waals surface area contributed by atoms with Crippen molar-refractivity contribution in [3.05, 3.63) is 29.3 Å². The van der Waals surface area contributed by atoms with Gasteiger partial charge >= 0.3 is 0 Å². The van der Waals surface area contributed by atoms with Crippen molar-refractivity contribution in [3.8, 4) is 0 Å². The summed E-state index contributed by atoms with van der Waals surface area (Å²) in [5.41, 5.74) is 0. The third-order valence-corrected chi connectivity index (χ3v) is 5.02. The summed E-state index contributed by atoms with van der Waals surface area (Å²) in [6.45, 7) is 2.59. The van der Waals surface area contributed by atoms with Gasteiger partial charge in [-0.05, 0) is 31.0 Å².